The van der Waals surface area contributed by atoms with Crippen LogP contribution >= 0.6 is 0 Å². The molecule has 0 spiro atoms. The SMILES string of the molecule is COC(=O)C1Cc2nncn2C1. The van der Waals surface area contributed by atoms with Gasteiger partial charge < -0.3 is 9.30 Å². The normalized spacial score (nSPS) is 20.6. The van der Waals surface area contributed by atoms with Gasteiger partial charge in [0.1, 0.15) is 12.2 Å². The molecule has 5 heteroatoms. The van der Waals surface area contributed by atoms with Crippen molar-refractivity contribution in [3.8, 4) is 0 Å². The van der Waals surface area contributed by atoms with E-state index in [1.54, 1.807) is 6.33 Å². The van der Waals surface area contributed by atoms with Crippen LogP contribution in [0.3, 0.4) is 0 Å². The molecule has 2 heterocycles. The third-order valence-corrected chi connectivity index (χ3v) is 2.08. The van der Waals surface area contributed by atoms with Crippen LogP contribution in [0, 0.1) is 5.92 Å². The van der Waals surface area contributed by atoms with Crippen LogP contribution in [0.4, 0.5) is 0 Å². The average molecular weight is 167 g/mol. The molecule has 0 bridgehead atoms. The van der Waals surface area contributed by atoms with Crippen molar-refractivity contribution in [3.63, 3.8) is 0 Å². The number of fused-ring (bicyclic) bond motifs is 1. The van der Waals surface area contributed by atoms with Gasteiger partial charge in [-0.1, -0.05) is 0 Å². The highest BCUT2D eigenvalue weighted by Gasteiger charge is 2.29. The first-order valence-corrected chi connectivity index (χ1v) is 3.76. The van der Waals surface area contributed by atoms with Gasteiger partial charge in [-0.15, -0.1) is 10.2 Å². The maximum Gasteiger partial charge on any atom is 0.310 e. The lowest BCUT2D eigenvalue weighted by molar-refractivity contribution is -0.145. The minimum atomic E-state index is -0.166. The molecular weight excluding hydrogens is 158 g/mol. The van der Waals surface area contributed by atoms with Crippen LogP contribution in [0.5, 0.6) is 0 Å². The van der Waals surface area contributed by atoms with Gasteiger partial charge in [0.05, 0.1) is 13.0 Å². The number of hydrogen-bond donors (Lipinski definition) is 0. The van der Waals surface area contributed by atoms with Gasteiger partial charge in [-0.3, -0.25) is 4.79 Å². The van der Waals surface area contributed by atoms with Crippen molar-refractivity contribution in [2.45, 2.75) is 13.0 Å². The number of aromatic nitrogens is 3. The third kappa shape index (κ3) is 0.975. The fourth-order valence-electron chi connectivity index (χ4n) is 1.44. The zero-order valence-corrected chi connectivity index (χ0v) is 6.73. The van der Waals surface area contributed by atoms with Crippen LogP contribution in [-0.4, -0.2) is 27.8 Å². The van der Waals surface area contributed by atoms with Crippen LogP contribution < -0.4 is 0 Å². The number of esters is 1. The van der Waals surface area contributed by atoms with Gasteiger partial charge >= 0.3 is 5.97 Å². The Bertz CT molecular complexity index is 287. The first-order valence-electron chi connectivity index (χ1n) is 3.76. The summed E-state index contributed by atoms with van der Waals surface area (Å²) < 4.78 is 6.51. The summed E-state index contributed by atoms with van der Waals surface area (Å²) in [6.45, 7) is 0.648. The second-order valence-corrected chi connectivity index (χ2v) is 2.82. The van der Waals surface area contributed by atoms with E-state index in [0.29, 0.717) is 13.0 Å². The highest BCUT2D eigenvalue weighted by atomic mass is 16.5. The molecule has 0 amide bonds. The van der Waals surface area contributed by atoms with E-state index in [9.17, 15) is 4.79 Å². The van der Waals surface area contributed by atoms with Gasteiger partial charge in [-0.25, -0.2) is 0 Å². The zero-order valence-electron chi connectivity index (χ0n) is 6.73. The molecule has 0 N–H and O–H groups in total. The summed E-state index contributed by atoms with van der Waals surface area (Å²) in [7, 11) is 1.40. The number of rotatable bonds is 1. The Hall–Kier alpha value is -1.39. The monoisotopic (exact) mass is 167 g/mol. The molecule has 0 saturated carbocycles. The highest BCUT2D eigenvalue weighted by Crippen LogP contribution is 2.18. The van der Waals surface area contributed by atoms with E-state index in [1.807, 2.05) is 4.57 Å². The lowest BCUT2D eigenvalue weighted by atomic mass is 10.1. The molecule has 2 rings (SSSR count). The molecule has 1 aromatic rings. The third-order valence-electron chi connectivity index (χ3n) is 2.08. The van der Waals surface area contributed by atoms with Gasteiger partial charge in [0.25, 0.3) is 0 Å². The average Bonchev–Trinajstić information content (AvgIpc) is 2.60. The molecular formula is C7H9N3O2. The lowest BCUT2D eigenvalue weighted by Gasteiger charge is -2.03. The second-order valence-electron chi connectivity index (χ2n) is 2.82. The Morgan fingerprint density at radius 1 is 1.83 bits per heavy atom. The molecule has 0 saturated heterocycles. The lowest BCUT2D eigenvalue weighted by Crippen LogP contribution is -2.17. The van der Waals surface area contributed by atoms with E-state index >= 15 is 0 Å². The second kappa shape index (κ2) is 2.58. The van der Waals surface area contributed by atoms with E-state index < -0.39 is 0 Å². The number of ether oxygens (including phenoxy) is 1. The topological polar surface area (TPSA) is 57.0 Å². The fourth-order valence-corrected chi connectivity index (χ4v) is 1.44. The zero-order chi connectivity index (χ0) is 8.55. The van der Waals surface area contributed by atoms with E-state index in [2.05, 4.69) is 14.9 Å². The number of carbonyl (C=O) groups is 1. The molecule has 12 heavy (non-hydrogen) atoms. The van der Waals surface area contributed by atoms with Crippen molar-refractivity contribution in [1.82, 2.24) is 14.8 Å². The molecule has 1 aliphatic rings. The van der Waals surface area contributed by atoms with Crippen molar-refractivity contribution < 1.29 is 9.53 Å². The van der Waals surface area contributed by atoms with E-state index in [1.165, 1.54) is 7.11 Å². The summed E-state index contributed by atoms with van der Waals surface area (Å²) in [5.41, 5.74) is 0. The Kier molecular flexibility index (Phi) is 1.56. The molecule has 0 aliphatic carbocycles. The molecule has 1 aromatic heterocycles. The summed E-state index contributed by atoms with van der Waals surface area (Å²) in [4.78, 5) is 11.1. The van der Waals surface area contributed by atoms with Crippen LogP contribution in [0.15, 0.2) is 6.33 Å². The summed E-state index contributed by atoms with van der Waals surface area (Å²) in [5.74, 6) is 0.631. The predicted molar refractivity (Wildman–Crippen MR) is 39.2 cm³/mol. The minimum Gasteiger partial charge on any atom is -0.469 e. The first-order chi connectivity index (χ1) is 5.81. The van der Waals surface area contributed by atoms with Gasteiger partial charge in [0.15, 0.2) is 0 Å². The summed E-state index contributed by atoms with van der Waals surface area (Å²) in [6.07, 6.45) is 2.28. The smallest absolute Gasteiger partial charge is 0.310 e. The molecule has 0 radical (unpaired) electrons. The van der Waals surface area contributed by atoms with Gasteiger partial charge in [-0.05, 0) is 0 Å². The maximum atomic E-state index is 11.1. The molecule has 0 aromatic carbocycles. The molecule has 1 aliphatic heterocycles. The van der Waals surface area contributed by atoms with Crippen LogP contribution in [0.1, 0.15) is 5.82 Å². The number of nitrogens with zero attached hydrogens (tertiary/aromatic N) is 3. The molecule has 0 fully saturated rings. The standard InChI is InChI=1S/C7H9N3O2/c1-12-7(11)5-2-6-9-8-4-10(6)3-5/h4-5H,2-3H2,1H3. The Morgan fingerprint density at radius 2 is 2.67 bits per heavy atom. The van der Waals surface area contributed by atoms with Gasteiger partial charge in [0.2, 0.25) is 0 Å². The van der Waals surface area contributed by atoms with Crippen molar-refractivity contribution in [1.29, 1.82) is 0 Å². The van der Waals surface area contributed by atoms with Gasteiger partial charge in [-0.2, -0.15) is 0 Å². The van der Waals surface area contributed by atoms with Crippen molar-refractivity contribution >= 4 is 5.97 Å². The molecule has 5 nitrogen and oxygen atoms in total. The number of hydrogen-bond acceptors (Lipinski definition) is 4. The summed E-state index contributed by atoms with van der Waals surface area (Å²) in [5, 5.41) is 7.59. The van der Waals surface area contributed by atoms with Crippen molar-refractivity contribution in [2.24, 2.45) is 5.92 Å². The molecule has 64 valence electrons. The highest BCUT2D eigenvalue weighted by molar-refractivity contribution is 5.72. The van der Waals surface area contributed by atoms with Gasteiger partial charge in [0, 0.05) is 13.0 Å². The van der Waals surface area contributed by atoms with Crippen molar-refractivity contribution in [3.05, 3.63) is 12.2 Å². The van der Waals surface area contributed by atoms with Crippen molar-refractivity contribution in [2.75, 3.05) is 7.11 Å². The first kappa shape index (κ1) is 7.27. The van der Waals surface area contributed by atoms with Crippen LogP contribution in [0.25, 0.3) is 0 Å². The summed E-state index contributed by atoms with van der Waals surface area (Å²) >= 11 is 0. The van der Waals surface area contributed by atoms with E-state index in [4.69, 9.17) is 0 Å². The predicted octanol–water partition coefficient (Wildman–Crippen LogP) is -0.377. The fraction of sp³-hybridized carbons (Fsp3) is 0.571. The maximum absolute atomic E-state index is 11.1. The Morgan fingerprint density at radius 3 is 3.33 bits per heavy atom. The summed E-state index contributed by atoms with van der Waals surface area (Å²) in [6, 6.07) is 0. The minimum absolute atomic E-state index is 0.0690. The number of methoxy groups -OCH3 is 1. The van der Waals surface area contributed by atoms with Crippen LogP contribution in [-0.2, 0) is 22.5 Å². The largest absolute Gasteiger partial charge is 0.469 e. The molecule has 1 unspecified atom stereocenters. The Labute approximate surface area is 69.4 Å². The van der Waals surface area contributed by atoms with E-state index in [-0.39, 0.29) is 11.9 Å². The van der Waals surface area contributed by atoms with E-state index in [0.717, 1.165) is 5.82 Å². The van der Waals surface area contributed by atoms with Crippen LogP contribution in [0.2, 0.25) is 0 Å². The Balaban J connectivity index is 2.12. The number of carbonyl (C=O) groups excluding carboxylic acids is 1. The quantitative estimate of drug-likeness (QED) is 0.535. The molecule has 1 atom stereocenters.